The van der Waals surface area contributed by atoms with E-state index in [0.29, 0.717) is 25.7 Å². The first-order valence-corrected chi connectivity index (χ1v) is 43.0. The molecule has 17 nitrogen and oxygen atoms in total. The number of aliphatic hydroxyl groups is 1. The number of carbonyl (C=O) groups is 4. The quantitative estimate of drug-likeness (QED) is 0.0222. The van der Waals surface area contributed by atoms with Gasteiger partial charge in [-0.3, -0.25) is 37.3 Å². The van der Waals surface area contributed by atoms with Crippen molar-refractivity contribution in [1.82, 2.24) is 0 Å². The van der Waals surface area contributed by atoms with Crippen molar-refractivity contribution in [3.05, 3.63) is 0 Å². The number of phosphoric ester groups is 2. The molecule has 0 heterocycles. The first-order chi connectivity index (χ1) is 46.4. The zero-order valence-electron chi connectivity index (χ0n) is 62.7. The lowest BCUT2D eigenvalue weighted by atomic mass is 10.0. The number of hydrogen-bond acceptors (Lipinski definition) is 15. The second kappa shape index (κ2) is 68.8. The summed E-state index contributed by atoms with van der Waals surface area (Å²) in [4.78, 5) is 72.8. The third-order valence-electron chi connectivity index (χ3n) is 18.0. The fourth-order valence-corrected chi connectivity index (χ4v) is 13.4. The van der Waals surface area contributed by atoms with Gasteiger partial charge in [0.15, 0.2) is 12.2 Å². The molecule has 0 saturated carbocycles. The van der Waals surface area contributed by atoms with Gasteiger partial charge in [0.25, 0.3) is 0 Å². The molecule has 570 valence electrons. The summed E-state index contributed by atoms with van der Waals surface area (Å²) in [5.41, 5.74) is 0. The van der Waals surface area contributed by atoms with E-state index in [9.17, 15) is 43.2 Å². The molecule has 3 N–H and O–H groups in total. The predicted octanol–water partition coefficient (Wildman–Crippen LogP) is 22.7. The molecule has 0 fully saturated rings. The largest absolute Gasteiger partial charge is 0.472 e. The maximum Gasteiger partial charge on any atom is 0.472 e. The van der Waals surface area contributed by atoms with Crippen molar-refractivity contribution in [3.63, 3.8) is 0 Å². The molecule has 0 amide bonds. The molecule has 0 aromatic rings. The van der Waals surface area contributed by atoms with Gasteiger partial charge in [-0.15, -0.1) is 0 Å². The smallest absolute Gasteiger partial charge is 0.462 e. The second-order valence-electron chi connectivity index (χ2n) is 28.7. The molecule has 0 radical (unpaired) electrons. The third kappa shape index (κ3) is 70.5. The Morgan fingerprint density at radius 1 is 0.281 bits per heavy atom. The Morgan fingerprint density at radius 2 is 0.479 bits per heavy atom. The number of rotatable bonds is 76. The Morgan fingerprint density at radius 3 is 0.708 bits per heavy atom. The summed E-state index contributed by atoms with van der Waals surface area (Å²) in [5, 5.41) is 10.6. The van der Waals surface area contributed by atoms with Crippen LogP contribution in [0.3, 0.4) is 0 Å². The van der Waals surface area contributed by atoms with Crippen LogP contribution in [0.5, 0.6) is 0 Å². The van der Waals surface area contributed by atoms with E-state index in [1.165, 1.54) is 218 Å². The van der Waals surface area contributed by atoms with Gasteiger partial charge in [0.05, 0.1) is 26.4 Å². The zero-order valence-corrected chi connectivity index (χ0v) is 64.5. The first-order valence-electron chi connectivity index (χ1n) is 40.0. The van der Waals surface area contributed by atoms with E-state index in [1.54, 1.807) is 0 Å². The molecule has 0 saturated heterocycles. The van der Waals surface area contributed by atoms with Crippen molar-refractivity contribution < 1.29 is 80.2 Å². The van der Waals surface area contributed by atoms with Gasteiger partial charge in [-0.2, -0.15) is 0 Å². The molecule has 96 heavy (non-hydrogen) atoms. The van der Waals surface area contributed by atoms with Crippen LogP contribution in [0.15, 0.2) is 0 Å². The molecule has 0 spiro atoms. The van der Waals surface area contributed by atoms with E-state index >= 15 is 0 Å². The van der Waals surface area contributed by atoms with Gasteiger partial charge in [-0.05, 0) is 37.5 Å². The third-order valence-corrected chi connectivity index (χ3v) is 19.9. The Kier molecular flexibility index (Phi) is 67.4. The number of phosphoric acid groups is 2. The van der Waals surface area contributed by atoms with E-state index in [2.05, 4.69) is 41.5 Å². The van der Waals surface area contributed by atoms with Gasteiger partial charge >= 0.3 is 39.5 Å². The van der Waals surface area contributed by atoms with Crippen LogP contribution in [0.4, 0.5) is 0 Å². The highest BCUT2D eigenvalue weighted by atomic mass is 31.2. The van der Waals surface area contributed by atoms with E-state index < -0.39 is 97.5 Å². The Bertz CT molecular complexity index is 1860. The molecule has 0 aliphatic carbocycles. The van der Waals surface area contributed by atoms with Gasteiger partial charge in [-0.25, -0.2) is 9.13 Å². The van der Waals surface area contributed by atoms with E-state index in [0.717, 1.165) is 102 Å². The highest BCUT2D eigenvalue weighted by molar-refractivity contribution is 7.47. The summed E-state index contributed by atoms with van der Waals surface area (Å²) < 4.78 is 68.6. The lowest BCUT2D eigenvalue weighted by Gasteiger charge is -2.21. The van der Waals surface area contributed by atoms with Crippen molar-refractivity contribution >= 4 is 39.5 Å². The summed E-state index contributed by atoms with van der Waals surface area (Å²) in [6.45, 7) is 9.65. The van der Waals surface area contributed by atoms with E-state index in [1.807, 2.05) is 0 Å². The lowest BCUT2D eigenvalue weighted by Crippen LogP contribution is -2.30. The fraction of sp³-hybridized carbons (Fsp3) is 0.948. The summed E-state index contributed by atoms with van der Waals surface area (Å²) in [5.74, 6) is -0.518. The summed E-state index contributed by atoms with van der Waals surface area (Å²) in [7, 11) is -9.91. The minimum Gasteiger partial charge on any atom is -0.462 e. The van der Waals surface area contributed by atoms with Crippen molar-refractivity contribution in [2.75, 3.05) is 39.6 Å². The van der Waals surface area contributed by atoms with Crippen LogP contribution in [-0.2, 0) is 65.4 Å². The minimum absolute atomic E-state index is 0.107. The molecule has 0 aromatic carbocycles. The van der Waals surface area contributed by atoms with Crippen molar-refractivity contribution in [2.24, 2.45) is 11.8 Å². The highest BCUT2D eigenvalue weighted by Gasteiger charge is 2.30. The Labute approximate surface area is 588 Å². The van der Waals surface area contributed by atoms with E-state index in [-0.39, 0.29) is 25.7 Å². The Balaban J connectivity index is 5.24. The first kappa shape index (κ1) is 94.1. The zero-order chi connectivity index (χ0) is 70.7. The van der Waals surface area contributed by atoms with Gasteiger partial charge in [0.2, 0.25) is 0 Å². The van der Waals surface area contributed by atoms with Crippen LogP contribution in [0.25, 0.3) is 0 Å². The maximum absolute atomic E-state index is 13.1. The van der Waals surface area contributed by atoms with Gasteiger partial charge < -0.3 is 33.8 Å². The normalized spacial score (nSPS) is 14.0. The molecule has 0 bridgehead atoms. The van der Waals surface area contributed by atoms with Gasteiger partial charge in [0.1, 0.15) is 19.3 Å². The van der Waals surface area contributed by atoms with Crippen LogP contribution >= 0.6 is 15.6 Å². The highest BCUT2D eigenvalue weighted by Crippen LogP contribution is 2.45. The molecular weight excluding hydrogens is 1260 g/mol. The second-order valence-corrected chi connectivity index (χ2v) is 31.6. The molecular formula is C77H150O17P2. The SMILES string of the molecule is CCCCCCCCCCCCCC(=O)OC[C@H](COP(=O)(O)OC[C@H](O)COP(=O)(O)OC[C@@H](COC(=O)CCCCCCCCCCCCCCCC(C)C)OC(=O)CCCCCCCCCCCCCCCCCC(C)C)OC(=O)CCCCCCCCCCCCC. The van der Waals surface area contributed by atoms with Crippen LogP contribution in [0, 0.1) is 11.8 Å². The molecule has 0 aliphatic heterocycles. The average Bonchev–Trinajstić information content (AvgIpc) is 1.12. The minimum atomic E-state index is -4.96. The van der Waals surface area contributed by atoms with Gasteiger partial charge in [0, 0.05) is 25.7 Å². The lowest BCUT2D eigenvalue weighted by molar-refractivity contribution is -0.161. The van der Waals surface area contributed by atoms with Crippen LogP contribution in [0.1, 0.15) is 401 Å². The molecule has 0 aliphatic rings. The summed E-state index contributed by atoms with van der Waals surface area (Å²) in [6.07, 6.45) is 56.7. The van der Waals surface area contributed by atoms with Crippen LogP contribution < -0.4 is 0 Å². The van der Waals surface area contributed by atoms with Crippen molar-refractivity contribution in [1.29, 1.82) is 0 Å². The number of esters is 4. The maximum atomic E-state index is 13.1. The predicted molar refractivity (Wildman–Crippen MR) is 391 cm³/mol. The molecule has 5 atom stereocenters. The number of unbranched alkanes of at least 4 members (excludes halogenated alkanes) is 46. The molecule has 2 unspecified atom stereocenters. The van der Waals surface area contributed by atoms with E-state index in [4.69, 9.17) is 37.0 Å². The monoisotopic (exact) mass is 1410 g/mol. The van der Waals surface area contributed by atoms with Gasteiger partial charge in [-0.1, -0.05) is 350 Å². The molecule has 0 aromatic heterocycles. The number of aliphatic hydroxyl groups excluding tert-OH is 1. The fourth-order valence-electron chi connectivity index (χ4n) is 11.8. The molecule has 19 heteroatoms. The van der Waals surface area contributed by atoms with Crippen molar-refractivity contribution in [2.45, 2.75) is 419 Å². The molecule has 0 rings (SSSR count). The number of hydrogen-bond donors (Lipinski definition) is 3. The number of carbonyl (C=O) groups excluding carboxylic acids is 4. The Hall–Kier alpha value is -1.94. The standard InChI is InChI=1S/C77H150O17P2/c1-7-9-11-13-15-17-27-35-41-47-53-59-74(79)87-65-72(93-76(81)61-55-49-43-37-28-18-16-14-12-10-8-2)67-91-95(83,84)89-63-71(78)64-90-96(85,86)92-68-73(66-88-75(80)60-54-48-42-36-31-26-22-24-30-34-40-46-52-58-70(5)6)94-77(82)62-56-50-44-38-32-25-21-19-20-23-29-33-39-45-51-57-69(3)4/h69-73,78H,7-68H2,1-6H3,(H,83,84)(H,85,86)/t71-,72+,73+/m0/s1. The van der Waals surface area contributed by atoms with Crippen molar-refractivity contribution in [3.8, 4) is 0 Å². The van der Waals surface area contributed by atoms with Crippen LogP contribution in [0.2, 0.25) is 0 Å². The van der Waals surface area contributed by atoms with Crippen LogP contribution in [-0.4, -0.2) is 96.7 Å². The summed E-state index contributed by atoms with van der Waals surface area (Å²) in [6, 6.07) is 0. The number of ether oxygens (including phenoxy) is 4. The topological polar surface area (TPSA) is 237 Å². The average molecular weight is 1410 g/mol. The summed E-state index contributed by atoms with van der Waals surface area (Å²) >= 11 is 0.